The molecule has 1 aliphatic heterocycles. The Morgan fingerprint density at radius 1 is 1.17 bits per heavy atom. The first-order valence-electron chi connectivity index (χ1n) is 10.2. The van der Waals surface area contributed by atoms with Crippen molar-refractivity contribution in [3.63, 3.8) is 0 Å². The van der Waals surface area contributed by atoms with E-state index in [-0.39, 0.29) is 19.9 Å². The maximum absolute atomic E-state index is 12.4. The third kappa shape index (κ3) is 6.88. The van der Waals surface area contributed by atoms with Gasteiger partial charge in [-0.3, -0.25) is 14.5 Å². The van der Waals surface area contributed by atoms with E-state index >= 15 is 0 Å². The van der Waals surface area contributed by atoms with Crippen LogP contribution in [0.2, 0.25) is 0 Å². The fourth-order valence-corrected chi connectivity index (χ4v) is 4.82. The maximum Gasteiger partial charge on any atom is 0.416 e. The van der Waals surface area contributed by atoms with E-state index in [1.165, 1.54) is 7.05 Å². The van der Waals surface area contributed by atoms with Crippen LogP contribution in [0.15, 0.2) is 0 Å². The standard InChI is InChI=1S/C18H33N3O7S/c1-3-26-17(23)18(10-6-4-7-11-18)13-27-29(24,25)28-20(2)14-21-12-8-5-9-15(21)16(19)22/h15H,3-14H2,1-2H3,(H2,19,22)/t15-/m0/s1. The summed E-state index contributed by atoms with van der Waals surface area (Å²) >= 11 is 0. The number of primary amides is 1. The van der Waals surface area contributed by atoms with Crippen LogP contribution >= 0.6 is 0 Å². The Kier molecular flexibility index (Phi) is 8.83. The maximum atomic E-state index is 12.4. The molecule has 2 N–H and O–H groups in total. The first-order chi connectivity index (χ1) is 13.7. The summed E-state index contributed by atoms with van der Waals surface area (Å²) in [7, 11) is -2.94. The molecule has 0 aromatic carbocycles. The number of piperidine rings is 1. The van der Waals surface area contributed by atoms with Crippen molar-refractivity contribution < 1.29 is 31.2 Å². The molecule has 10 nitrogen and oxygen atoms in total. The number of esters is 1. The SMILES string of the molecule is CCOC(=O)C1(COS(=O)(=O)ON(C)CN2CCCC[C@H]2C(N)=O)CCCCC1. The molecular formula is C18H33N3O7S. The predicted octanol–water partition coefficient (Wildman–Crippen LogP) is 0.922. The Morgan fingerprint density at radius 3 is 2.48 bits per heavy atom. The summed E-state index contributed by atoms with van der Waals surface area (Å²) in [4.78, 5) is 25.8. The second kappa shape index (κ2) is 10.7. The highest BCUT2D eigenvalue weighted by Gasteiger charge is 2.43. The lowest BCUT2D eigenvalue weighted by Crippen LogP contribution is -2.51. The first-order valence-corrected chi connectivity index (χ1v) is 11.5. The molecule has 11 heteroatoms. The normalized spacial score (nSPS) is 23.1. The molecule has 0 bridgehead atoms. The van der Waals surface area contributed by atoms with E-state index in [0.29, 0.717) is 25.8 Å². The second-order valence-corrected chi connectivity index (χ2v) is 9.00. The number of carbonyl (C=O) groups is 2. The molecule has 1 saturated heterocycles. The minimum Gasteiger partial charge on any atom is -0.465 e. The number of hydroxylamine groups is 2. The molecule has 1 heterocycles. The molecule has 0 spiro atoms. The van der Waals surface area contributed by atoms with Crippen molar-refractivity contribution in [1.29, 1.82) is 0 Å². The number of rotatable bonds is 10. The van der Waals surface area contributed by atoms with Crippen molar-refractivity contribution in [2.24, 2.45) is 11.1 Å². The minimum atomic E-state index is -4.38. The van der Waals surface area contributed by atoms with Crippen LogP contribution in [-0.2, 0) is 33.2 Å². The van der Waals surface area contributed by atoms with Crippen molar-refractivity contribution in [2.45, 2.75) is 64.3 Å². The van der Waals surface area contributed by atoms with E-state index in [9.17, 15) is 18.0 Å². The predicted molar refractivity (Wildman–Crippen MR) is 104 cm³/mol. The van der Waals surface area contributed by atoms with Gasteiger partial charge in [0.1, 0.15) is 0 Å². The average molecular weight is 436 g/mol. The van der Waals surface area contributed by atoms with Gasteiger partial charge in [0.15, 0.2) is 0 Å². The van der Waals surface area contributed by atoms with Gasteiger partial charge < -0.3 is 10.5 Å². The Labute approximate surface area is 172 Å². The third-order valence-electron chi connectivity index (χ3n) is 5.54. The quantitative estimate of drug-likeness (QED) is 0.393. The molecule has 0 unspecified atom stereocenters. The van der Waals surface area contributed by atoms with Crippen molar-refractivity contribution in [2.75, 3.05) is 33.5 Å². The summed E-state index contributed by atoms with van der Waals surface area (Å²) < 4.78 is 39.8. The topological polar surface area (TPSA) is 128 Å². The number of hydrogen-bond donors (Lipinski definition) is 1. The third-order valence-corrected chi connectivity index (χ3v) is 6.38. The summed E-state index contributed by atoms with van der Waals surface area (Å²) in [5.74, 6) is -0.869. The summed E-state index contributed by atoms with van der Waals surface area (Å²) in [6.07, 6.45) is 6.07. The van der Waals surface area contributed by atoms with Crippen LogP contribution in [0.4, 0.5) is 0 Å². The van der Waals surface area contributed by atoms with E-state index in [0.717, 1.165) is 37.2 Å². The Balaban J connectivity index is 1.93. The van der Waals surface area contributed by atoms with Crippen molar-refractivity contribution in [3.05, 3.63) is 0 Å². The number of nitrogens with zero attached hydrogens (tertiary/aromatic N) is 2. The first kappa shape index (κ1) is 24.0. The highest BCUT2D eigenvalue weighted by Crippen LogP contribution is 2.38. The lowest BCUT2D eigenvalue weighted by atomic mass is 9.75. The van der Waals surface area contributed by atoms with E-state index in [1.807, 2.05) is 0 Å². The number of ether oxygens (including phenoxy) is 1. The van der Waals surface area contributed by atoms with Crippen molar-refractivity contribution in [1.82, 2.24) is 9.96 Å². The molecular weight excluding hydrogens is 402 g/mol. The average Bonchev–Trinajstić information content (AvgIpc) is 2.67. The van der Waals surface area contributed by atoms with Gasteiger partial charge in [-0.05, 0) is 32.6 Å². The molecule has 2 rings (SSSR count). The molecule has 1 aliphatic carbocycles. The van der Waals surface area contributed by atoms with Gasteiger partial charge in [-0.2, -0.15) is 17.8 Å². The van der Waals surface area contributed by atoms with E-state index in [1.54, 1.807) is 11.8 Å². The van der Waals surface area contributed by atoms with Crippen LogP contribution in [0, 0.1) is 5.41 Å². The Hall–Kier alpha value is -1.27. The number of hydrogen-bond acceptors (Lipinski definition) is 9. The Bertz CT molecular complexity index is 664. The summed E-state index contributed by atoms with van der Waals surface area (Å²) in [6, 6.07) is -0.451. The highest BCUT2D eigenvalue weighted by atomic mass is 32.3. The van der Waals surface area contributed by atoms with Crippen molar-refractivity contribution in [3.8, 4) is 0 Å². The van der Waals surface area contributed by atoms with Crippen LogP contribution in [0.3, 0.4) is 0 Å². The molecule has 0 radical (unpaired) electrons. The van der Waals surface area contributed by atoms with Crippen LogP contribution in [0.25, 0.3) is 0 Å². The lowest BCUT2D eigenvalue weighted by Gasteiger charge is -2.36. The Morgan fingerprint density at radius 2 is 1.86 bits per heavy atom. The van der Waals surface area contributed by atoms with Gasteiger partial charge in [-0.1, -0.05) is 25.7 Å². The lowest BCUT2D eigenvalue weighted by molar-refractivity contribution is -0.160. The van der Waals surface area contributed by atoms with E-state index in [2.05, 4.69) is 0 Å². The fourth-order valence-electron chi connectivity index (χ4n) is 4.04. The van der Waals surface area contributed by atoms with E-state index < -0.39 is 33.7 Å². The minimum absolute atomic E-state index is 0.0826. The van der Waals surface area contributed by atoms with Gasteiger partial charge >= 0.3 is 16.4 Å². The number of nitrogens with two attached hydrogens (primary N) is 1. The highest BCUT2D eigenvalue weighted by molar-refractivity contribution is 7.81. The molecule has 2 aliphatic rings. The van der Waals surface area contributed by atoms with Gasteiger partial charge in [0, 0.05) is 13.6 Å². The zero-order valence-electron chi connectivity index (χ0n) is 17.3. The molecule has 1 amide bonds. The van der Waals surface area contributed by atoms with Crippen LogP contribution in [0.5, 0.6) is 0 Å². The van der Waals surface area contributed by atoms with Gasteiger partial charge in [0.05, 0.1) is 31.3 Å². The van der Waals surface area contributed by atoms with Gasteiger partial charge in [-0.15, -0.1) is 0 Å². The molecule has 1 atom stereocenters. The van der Waals surface area contributed by atoms with Crippen molar-refractivity contribution >= 4 is 22.3 Å². The summed E-state index contributed by atoms with van der Waals surface area (Å²) in [5, 5.41) is 1.09. The molecule has 0 aromatic rings. The fraction of sp³-hybridized carbons (Fsp3) is 0.889. The van der Waals surface area contributed by atoms with Crippen LogP contribution < -0.4 is 5.73 Å². The summed E-state index contributed by atoms with van der Waals surface area (Å²) in [5.41, 5.74) is 4.47. The second-order valence-electron chi connectivity index (χ2n) is 7.80. The molecule has 2 fully saturated rings. The monoisotopic (exact) mass is 435 g/mol. The van der Waals surface area contributed by atoms with Gasteiger partial charge in [0.2, 0.25) is 5.91 Å². The zero-order valence-corrected chi connectivity index (χ0v) is 18.1. The van der Waals surface area contributed by atoms with Crippen LogP contribution in [0.1, 0.15) is 58.3 Å². The smallest absolute Gasteiger partial charge is 0.416 e. The summed E-state index contributed by atoms with van der Waals surface area (Å²) in [6.45, 7) is 2.33. The van der Waals surface area contributed by atoms with Crippen LogP contribution in [-0.4, -0.2) is 69.8 Å². The number of carbonyl (C=O) groups excluding carboxylic acids is 2. The number of likely N-dealkylation sites (tertiary alicyclic amines) is 1. The van der Waals surface area contributed by atoms with Gasteiger partial charge in [-0.25, -0.2) is 4.18 Å². The molecule has 29 heavy (non-hydrogen) atoms. The van der Waals surface area contributed by atoms with Gasteiger partial charge in [0.25, 0.3) is 0 Å². The zero-order chi connectivity index (χ0) is 21.5. The van der Waals surface area contributed by atoms with E-state index in [4.69, 9.17) is 18.9 Å². The molecule has 1 saturated carbocycles. The molecule has 168 valence electrons. The molecule has 0 aromatic heterocycles. The number of amides is 1. The largest absolute Gasteiger partial charge is 0.465 e.